The number of hydrogen-bond donors (Lipinski definition) is 2. The molecule has 19 heavy (non-hydrogen) atoms. The summed E-state index contributed by atoms with van der Waals surface area (Å²) in [5.41, 5.74) is 1.37. The van der Waals surface area contributed by atoms with E-state index in [2.05, 4.69) is 23.7 Å². The second kappa shape index (κ2) is 5.71. The number of hydrogen-bond acceptors (Lipinski definition) is 5. The Labute approximate surface area is 121 Å². The van der Waals surface area contributed by atoms with Gasteiger partial charge in [-0.2, -0.15) is 0 Å². The number of furan rings is 1. The number of thiophene rings is 1. The van der Waals surface area contributed by atoms with Crippen LogP contribution in [0.5, 0.6) is 0 Å². The average Bonchev–Trinajstić information content (AvgIpc) is 3.05. The lowest BCUT2D eigenvalue weighted by Crippen LogP contribution is -2.29. The standard InChI is InChI=1S/C14H17NO2S2/c1-9-7-11(10-4-6-18-14(10)19-9)15-8-12(16)13-3-2-5-17-13/h2-6,9,11-12,15-16H,7-8H2,1H3/t9-,11?,12?/m0/s1. The highest BCUT2D eigenvalue weighted by atomic mass is 32.2. The van der Waals surface area contributed by atoms with E-state index in [0.717, 1.165) is 6.42 Å². The summed E-state index contributed by atoms with van der Waals surface area (Å²) in [6.07, 6.45) is 2.11. The molecule has 0 radical (unpaired) electrons. The van der Waals surface area contributed by atoms with Crippen molar-refractivity contribution in [2.24, 2.45) is 0 Å². The van der Waals surface area contributed by atoms with Gasteiger partial charge in [-0.15, -0.1) is 23.1 Å². The van der Waals surface area contributed by atoms with Crippen LogP contribution in [0.15, 0.2) is 38.5 Å². The van der Waals surface area contributed by atoms with Gasteiger partial charge in [-0.3, -0.25) is 0 Å². The average molecular weight is 295 g/mol. The summed E-state index contributed by atoms with van der Waals surface area (Å²) in [5, 5.41) is 16.3. The molecule has 0 aliphatic carbocycles. The van der Waals surface area contributed by atoms with Crippen molar-refractivity contribution < 1.29 is 9.52 Å². The Morgan fingerprint density at radius 3 is 3.21 bits per heavy atom. The van der Waals surface area contributed by atoms with Crippen LogP contribution in [0.25, 0.3) is 0 Å². The molecule has 0 aromatic carbocycles. The molecule has 102 valence electrons. The Balaban J connectivity index is 1.65. The van der Waals surface area contributed by atoms with Crippen molar-refractivity contribution in [2.45, 2.75) is 34.9 Å². The van der Waals surface area contributed by atoms with E-state index in [0.29, 0.717) is 23.6 Å². The van der Waals surface area contributed by atoms with Gasteiger partial charge in [0.15, 0.2) is 0 Å². The molecule has 0 fully saturated rings. The van der Waals surface area contributed by atoms with Gasteiger partial charge in [-0.1, -0.05) is 6.92 Å². The van der Waals surface area contributed by atoms with Gasteiger partial charge < -0.3 is 14.8 Å². The zero-order valence-electron chi connectivity index (χ0n) is 10.7. The molecule has 3 atom stereocenters. The number of rotatable bonds is 4. The van der Waals surface area contributed by atoms with Gasteiger partial charge >= 0.3 is 0 Å². The molecule has 3 heterocycles. The zero-order valence-corrected chi connectivity index (χ0v) is 12.3. The van der Waals surface area contributed by atoms with Gasteiger partial charge in [0.2, 0.25) is 0 Å². The van der Waals surface area contributed by atoms with Crippen molar-refractivity contribution in [3.8, 4) is 0 Å². The van der Waals surface area contributed by atoms with Gasteiger partial charge in [0.05, 0.1) is 10.5 Å². The summed E-state index contributed by atoms with van der Waals surface area (Å²) in [5.74, 6) is 0.622. The number of aliphatic hydroxyl groups is 1. The van der Waals surface area contributed by atoms with Crippen LogP contribution < -0.4 is 5.32 Å². The third kappa shape index (κ3) is 2.89. The molecule has 2 unspecified atom stereocenters. The Hall–Kier alpha value is -0.750. The molecule has 3 rings (SSSR count). The second-order valence-corrected chi connectivity index (χ2v) is 7.44. The molecular formula is C14H17NO2S2. The molecule has 0 spiro atoms. The van der Waals surface area contributed by atoms with Crippen molar-refractivity contribution in [1.29, 1.82) is 0 Å². The zero-order chi connectivity index (χ0) is 13.2. The summed E-state index contributed by atoms with van der Waals surface area (Å²) in [7, 11) is 0. The van der Waals surface area contributed by atoms with Crippen molar-refractivity contribution >= 4 is 23.1 Å². The molecule has 0 saturated heterocycles. The predicted octanol–water partition coefficient (Wildman–Crippen LogP) is 3.59. The minimum Gasteiger partial charge on any atom is -0.467 e. The summed E-state index contributed by atoms with van der Waals surface area (Å²) in [6, 6.07) is 6.13. The minimum absolute atomic E-state index is 0.335. The first kappa shape index (κ1) is 13.2. The normalized spacial score (nSPS) is 24.1. The number of fused-ring (bicyclic) bond motifs is 1. The number of aliphatic hydroxyl groups excluding tert-OH is 1. The van der Waals surface area contributed by atoms with Crippen LogP contribution in [-0.2, 0) is 0 Å². The monoisotopic (exact) mass is 295 g/mol. The van der Waals surface area contributed by atoms with Gasteiger partial charge in [0.25, 0.3) is 0 Å². The quantitative estimate of drug-likeness (QED) is 0.905. The van der Waals surface area contributed by atoms with Crippen molar-refractivity contribution in [2.75, 3.05) is 6.54 Å². The predicted molar refractivity (Wildman–Crippen MR) is 78.7 cm³/mol. The van der Waals surface area contributed by atoms with Crippen LogP contribution in [-0.4, -0.2) is 16.9 Å². The third-order valence-electron chi connectivity index (χ3n) is 3.34. The summed E-state index contributed by atoms with van der Waals surface area (Å²) >= 11 is 3.76. The van der Waals surface area contributed by atoms with E-state index in [1.165, 1.54) is 9.77 Å². The maximum atomic E-state index is 10.0. The second-order valence-electron chi connectivity index (χ2n) is 4.82. The lowest BCUT2D eigenvalue weighted by atomic mass is 10.0. The fraction of sp³-hybridized carbons (Fsp3) is 0.429. The maximum Gasteiger partial charge on any atom is 0.133 e. The Morgan fingerprint density at radius 1 is 1.53 bits per heavy atom. The van der Waals surface area contributed by atoms with E-state index >= 15 is 0 Å². The van der Waals surface area contributed by atoms with Gasteiger partial charge in [-0.25, -0.2) is 0 Å². The largest absolute Gasteiger partial charge is 0.467 e. The van der Waals surface area contributed by atoms with Crippen LogP contribution in [0.1, 0.15) is 36.8 Å². The Kier molecular flexibility index (Phi) is 3.98. The van der Waals surface area contributed by atoms with E-state index in [4.69, 9.17) is 4.42 Å². The van der Waals surface area contributed by atoms with Gasteiger partial charge in [0.1, 0.15) is 11.9 Å². The summed E-state index contributed by atoms with van der Waals surface area (Å²) < 4.78 is 6.62. The highest BCUT2D eigenvalue weighted by Crippen LogP contribution is 2.43. The van der Waals surface area contributed by atoms with Crippen molar-refractivity contribution in [3.05, 3.63) is 41.2 Å². The maximum absolute atomic E-state index is 10.0. The highest BCUT2D eigenvalue weighted by molar-refractivity contribution is 8.01. The third-order valence-corrected chi connectivity index (χ3v) is 5.68. The van der Waals surface area contributed by atoms with Gasteiger partial charge in [-0.05, 0) is 35.6 Å². The fourth-order valence-electron chi connectivity index (χ4n) is 2.38. The van der Waals surface area contributed by atoms with E-state index in [1.807, 2.05) is 17.8 Å². The fourth-order valence-corrected chi connectivity index (χ4v) is 4.94. The molecule has 2 aromatic heterocycles. The lowest BCUT2D eigenvalue weighted by molar-refractivity contribution is 0.142. The minimum atomic E-state index is -0.582. The molecule has 2 aromatic rings. The molecule has 1 aliphatic rings. The smallest absolute Gasteiger partial charge is 0.133 e. The van der Waals surface area contributed by atoms with E-state index < -0.39 is 6.10 Å². The molecule has 5 heteroatoms. The summed E-state index contributed by atoms with van der Waals surface area (Å²) in [4.78, 5) is 0. The topological polar surface area (TPSA) is 45.4 Å². The van der Waals surface area contributed by atoms with Crippen molar-refractivity contribution in [1.82, 2.24) is 5.32 Å². The van der Waals surface area contributed by atoms with E-state index in [1.54, 1.807) is 23.7 Å². The first-order valence-corrected chi connectivity index (χ1v) is 8.19. The molecule has 0 amide bonds. The Bertz CT molecular complexity index is 523. The molecule has 0 saturated carbocycles. The first-order valence-electron chi connectivity index (χ1n) is 6.43. The SMILES string of the molecule is C[C@H]1CC(NCC(O)c2ccco2)c2ccsc2S1. The first-order chi connectivity index (χ1) is 9.24. The van der Waals surface area contributed by atoms with E-state index in [-0.39, 0.29) is 0 Å². The molecule has 3 nitrogen and oxygen atoms in total. The summed E-state index contributed by atoms with van der Waals surface area (Å²) in [6.45, 7) is 2.77. The van der Waals surface area contributed by atoms with Crippen LogP contribution in [0, 0.1) is 0 Å². The van der Waals surface area contributed by atoms with Crippen LogP contribution >= 0.6 is 23.1 Å². The molecule has 1 aliphatic heterocycles. The van der Waals surface area contributed by atoms with Crippen LogP contribution in [0.2, 0.25) is 0 Å². The van der Waals surface area contributed by atoms with Crippen molar-refractivity contribution in [3.63, 3.8) is 0 Å². The highest BCUT2D eigenvalue weighted by Gasteiger charge is 2.26. The number of nitrogens with one attached hydrogen (secondary N) is 1. The molecule has 0 bridgehead atoms. The van der Waals surface area contributed by atoms with Crippen LogP contribution in [0.3, 0.4) is 0 Å². The lowest BCUT2D eigenvalue weighted by Gasteiger charge is -2.28. The van der Waals surface area contributed by atoms with E-state index in [9.17, 15) is 5.11 Å². The molecular weight excluding hydrogens is 278 g/mol. The Morgan fingerprint density at radius 2 is 2.42 bits per heavy atom. The van der Waals surface area contributed by atoms with Crippen LogP contribution in [0.4, 0.5) is 0 Å². The number of thioether (sulfide) groups is 1. The van der Waals surface area contributed by atoms with Gasteiger partial charge in [0, 0.05) is 17.8 Å². The molecule has 2 N–H and O–H groups in total.